The minimum Gasteiger partial charge on any atom is -0.322 e. The van der Waals surface area contributed by atoms with Gasteiger partial charge in [0.25, 0.3) is 5.91 Å². The van der Waals surface area contributed by atoms with Gasteiger partial charge in [-0.05, 0) is 49.2 Å². The zero-order valence-electron chi connectivity index (χ0n) is 15.8. The highest BCUT2D eigenvalue weighted by molar-refractivity contribution is 7.89. The summed E-state index contributed by atoms with van der Waals surface area (Å²) < 4.78 is 39.0. The maximum atomic E-state index is 13.0. The molecule has 8 heteroatoms. The zero-order chi connectivity index (χ0) is 20.1. The van der Waals surface area contributed by atoms with Crippen LogP contribution in [0, 0.1) is 0 Å². The summed E-state index contributed by atoms with van der Waals surface area (Å²) in [5, 5.41) is 2.74. The normalized spacial score (nSPS) is 16.9. The summed E-state index contributed by atoms with van der Waals surface area (Å²) in [6, 6.07) is 12.9. The van der Waals surface area contributed by atoms with Crippen LogP contribution in [-0.2, 0) is 20.8 Å². The Labute approximate surface area is 168 Å². The second kappa shape index (κ2) is 8.98. The number of nitrogens with one attached hydrogen (secondary N) is 1. The van der Waals surface area contributed by atoms with Crippen molar-refractivity contribution in [2.45, 2.75) is 35.5 Å². The Morgan fingerprint density at radius 1 is 1.00 bits per heavy atom. The predicted molar refractivity (Wildman–Crippen MR) is 110 cm³/mol. The maximum Gasteiger partial charge on any atom is 0.255 e. The third kappa shape index (κ3) is 4.87. The van der Waals surface area contributed by atoms with Crippen molar-refractivity contribution in [2.24, 2.45) is 0 Å². The van der Waals surface area contributed by atoms with Crippen molar-refractivity contribution in [3.8, 4) is 0 Å². The van der Waals surface area contributed by atoms with Crippen molar-refractivity contribution >= 4 is 32.4 Å². The van der Waals surface area contributed by atoms with Gasteiger partial charge in [-0.3, -0.25) is 9.00 Å². The molecule has 1 unspecified atom stereocenters. The third-order valence-corrected chi connectivity index (χ3v) is 7.54. The second-order valence-electron chi connectivity index (χ2n) is 6.78. The van der Waals surface area contributed by atoms with Gasteiger partial charge in [-0.15, -0.1) is 0 Å². The number of hydrogen-bond acceptors (Lipinski definition) is 4. The molecule has 0 spiro atoms. The molecule has 0 radical (unpaired) electrons. The number of anilines is 1. The fourth-order valence-corrected chi connectivity index (χ4v) is 5.31. The van der Waals surface area contributed by atoms with Gasteiger partial charge in [0, 0.05) is 46.3 Å². The van der Waals surface area contributed by atoms with Crippen molar-refractivity contribution in [1.82, 2.24) is 4.31 Å². The first kappa shape index (κ1) is 20.7. The standard InChI is InChI=1S/C20H24N2O4S2/c1-27(24)18-10-7-9-17(15-18)21-20(23)16-8-6-11-19(14-16)28(25,26)22-12-4-2-3-5-13-22/h6-11,14-15H,2-5,12-13H2,1H3,(H,21,23). The summed E-state index contributed by atoms with van der Waals surface area (Å²) in [5.74, 6) is -0.410. The molecule has 0 aromatic heterocycles. The van der Waals surface area contributed by atoms with Crippen LogP contribution in [0.1, 0.15) is 36.0 Å². The van der Waals surface area contributed by atoms with Gasteiger partial charge in [-0.2, -0.15) is 4.31 Å². The first-order valence-corrected chi connectivity index (χ1v) is 12.2. The molecular formula is C20H24N2O4S2. The number of carbonyl (C=O) groups excluding carboxylic acids is 1. The SMILES string of the molecule is CS(=O)c1cccc(NC(=O)c2cccc(S(=O)(=O)N3CCCCCC3)c2)c1. The first-order valence-electron chi connectivity index (χ1n) is 9.23. The molecular weight excluding hydrogens is 396 g/mol. The molecule has 150 valence electrons. The molecule has 0 saturated carbocycles. The van der Waals surface area contributed by atoms with Crippen molar-refractivity contribution in [2.75, 3.05) is 24.7 Å². The van der Waals surface area contributed by atoms with Gasteiger partial charge in [0.2, 0.25) is 10.0 Å². The Bertz CT molecular complexity index is 981. The first-order chi connectivity index (χ1) is 13.4. The Balaban J connectivity index is 1.81. The van der Waals surface area contributed by atoms with Crippen molar-refractivity contribution < 1.29 is 17.4 Å². The van der Waals surface area contributed by atoms with Gasteiger partial charge >= 0.3 is 0 Å². The molecule has 2 aromatic carbocycles. The molecule has 1 atom stereocenters. The van der Waals surface area contributed by atoms with E-state index in [-0.39, 0.29) is 10.5 Å². The van der Waals surface area contributed by atoms with E-state index < -0.39 is 26.7 Å². The number of hydrogen-bond donors (Lipinski definition) is 1. The fourth-order valence-electron chi connectivity index (χ4n) is 3.18. The summed E-state index contributed by atoms with van der Waals surface area (Å²) in [5.41, 5.74) is 0.775. The average molecular weight is 421 g/mol. The molecule has 3 rings (SSSR count). The maximum absolute atomic E-state index is 13.0. The number of nitrogens with zero attached hydrogens (tertiary/aromatic N) is 1. The van der Waals surface area contributed by atoms with E-state index in [1.54, 1.807) is 42.7 Å². The predicted octanol–water partition coefficient (Wildman–Crippen LogP) is 3.24. The lowest BCUT2D eigenvalue weighted by Gasteiger charge is -2.20. The van der Waals surface area contributed by atoms with Crippen molar-refractivity contribution in [3.05, 3.63) is 54.1 Å². The molecule has 1 amide bonds. The highest BCUT2D eigenvalue weighted by Crippen LogP contribution is 2.22. The van der Waals surface area contributed by atoms with Gasteiger partial charge in [0.15, 0.2) is 0 Å². The van der Waals surface area contributed by atoms with Crippen molar-refractivity contribution in [1.29, 1.82) is 0 Å². The largest absolute Gasteiger partial charge is 0.322 e. The molecule has 1 saturated heterocycles. The summed E-state index contributed by atoms with van der Waals surface area (Å²) in [6.45, 7) is 1.03. The molecule has 0 aliphatic carbocycles. The minimum atomic E-state index is -3.62. The van der Waals surface area contributed by atoms with E-state index >= 15 is 0 Å². The van der Waals surface area contributed by atoms with Gasteiger partial charge in [-0.1, -0.05) is 25.0 Å². The molecule has 1 fully saturated rings. The van der Waals surface area contributed by atoms with Crippen LogP contribution in [0.2, 0.25) is 0 Å². The highest BCUT2D eigenvalue weighted by Gasteiger charge is 2.25. The minimum absolute atomic E-state index is 0.130. The van der Waals surface area contributed by atoms with E-state index in [9.17, 15) is 17.4 Å². The number of benzene rings is 2. The Morgan fingerprint density at radius 2 is 1.68 bits per heavy atom. The van der Waals surface area contributed by atoms with E-state index in [4.69, 9.17) is 0 Å². The zero-order valence-corrected chi connectivity index (χ0v) is 17.4. The van der Waals surface area contributed by atoms with E-state index in [1.807, 2.05) is 0 Å². The van der Waals surface area contributed by atoms with Crippen molar-refractivity contribution in [3.63, 3.8) is 0 Å². The summed E-state index contributed by atoms with van der Waals surface area (Å²) in [4.78, 5) is 13.3. The number of carbonyl (C=O) groups is 1. The molecule has 0 bridgehead atoms. The van der Waals surface area contributed by atoms with Gasteiger partial charge in [-0.25, -0.2) is 8.42 Å². The lowest BCUT2D eigenvalue weighted by atomic mass is 10.2. The summed E-state index contributed by atoms with van der Waals surface area (Å²) in [7, 11) is -4.77. The molecule has 1 aliphatic heterocycles. The Kier molecular flexibility index (Phi) is 6.64. The summed E-state index contributed by atoms with van der Waals surface area (Å²) >= 11 is 0. The van der Waals surface area contributed by atoms with E-state index in [0.29, 0.717) is 23.7 Å². The van der Waals surface area contributed by atoms with E-state index in [1.165, 1.54) is 16.4 Å². The third-order valence-electron chi connectivity index (χ3n) is 4.72. The smallest absolute Gasteiger partial charge is 0.255 e. The van der Waals surface area contributed by atoms with E-state index in [2.05, 4.69) is 5.32 Å². The lowest BCUT2D eigenvalue weighted by molar-refractivity contribution is 0.102. The fraction of sp³-hybridized carbons (Fsp3) is 0.350. The van der Waals surface area contributed by atoms with Gasteiger partial charge in [0.05, 0.1) is 4.90 Å². The van der Waals surface area contributed by atoms with Gasteiger partial charge < -0.3 is 5.32 Å². The van der Waals surface area contributed by atoms with Crippen LogP contribution in [0.4, 0.5) is 5.69 Å². The number of sulfonamides is 1. The second-order valence-corrected chi connectivity index (χ2v) is 10.1. The number of rotatable bonds is 5. The molecule has 1 aliphatic rings. The average Bonchev–Trinajstić information content (AvgIpc) is 2.98. The molecule has 28 heavy (non-hydrogen) atoms. The van der Waals surface area contributed by atoms with Crippen LogP contribution in [0.15, 0.2) is 58.3 Å². The quantitative estimate of drug-likeness (QED) is 0.805. The molecule has 2 aromatic rings. The molecule has 1 heterocycles. The van der Waals surface area contributed by atoms with Gasteiger partial charge in [0.1, 0.15) is 0 Å². The highest BCUT2D eigenvalue weighted by atomic mass is 32.2. The molecule has 1 N–H and O–H groups in total. The van der Waals surface area contributed by atoms with Crippen LogP contribution in [0.25, 0.3) is 0 Å². The van der Waals surface area contributed by atoms with Crippen LogP contribution < -0.4 is 5.32 Å². The van der Waals surface area contributed by atoms with Crippen LogP contribution in [0.3, 0.4) is 0 Å². The Morgan fingerprint density at radius 3 is 2.36 bits per heavy atom. The van der Waals surface area contributed by atoms with Crippen LogP contribution in [0.5, 0.6) is 0 Å². The number of amides is 1. The molecule has 6 nitrogen and oxygen atoms in total. The topological polar surface area (TPSA) is 83.5 Å². The Hall–Kier alpha value is -2.03. The monoisotopic (exact) mass is 420 g/mol. The van der Waals surface area contributed by atoms with E-state index in [0.717, 1.165) is 25.7 Å². The van der Waals surface area contributed by atoms with Crippen LogP contribution in [-0.4, -0.2) is 42.2 Å². The lowest BCUT2D eigenvalue weighted by Crippen LogP contribution is -2.32. The summed E-state index contributed by atoms with van der Waals surface area (Å²) in [6.07, 6.45) is 5.35. The van der Waals surface area contributed by atoms with Crippen LogP contribution >= 0.6 is 0 Å².